The van der Waals surface area contributed by atoms with E-state index in [1.54, 1.807) is 0 Å². The first kappa shape index (κ1) is 15.5. The smallest absolute Gasteiger partial charge is 0.112 e. The van der Waals surface area contributed by atoms with Crippen molar-refractivity contribution in [1.29, 1.82) is 5.26 Å². The van der Waals surface area contributed by atoms with E-state index in [1.807, 2.05) is 18.2 Å². The number of hydrogen-bond acceptors (Lipinski definition) is 3. The van der Waals surface area contributed by atoms with Crippen molar-refractivity contribution in [3.63, 3.8) is 0 Å². The summed E-state index contributed by atoms with van der Waals surface area (Å²) in [6.45, 7) is 8.94. The first-order valence-electron chi connectivity index (χ1n) is 7.62. The number of nitrogens with zero attached hydrogens (tertiary/aromatic N) is 3. The Bertz CT molecular complexity index is 637. The van der Waals surface area contributed by atoms with Crippen molar-refractivity contribution < 1.29 is 4.74 Å². The highest BCUT2D eigenvalue weighted by molar-refractivity contribution is 5.77. The first-order chi connectivity index (χ1) is 10.2. The summed E-state index contributed by atoms with van der Waals surface area (Å²) in [6.07, 6.45) is 1.84. The fourth-order valence-electron chi connectivity index (χ4n) is 2.42. The van der Waals surface area contributed by atoms with Gasteiger partial charge in [-0.3, -0.25) is 0 Å². The standard InChI is InChI=1S/C17H23N3O/c1-4-8-21-9-7-17-19-15-10-14(11-18)5-6-16(15)20(17)12-13(2)3/h5-6,10,13H,4,7-9,12H2,1-3H3. The third-order valence-corrected chi connectivity index (χ3v) is 3.32. The Morgan fingerprint density at radius 2 is 2.14 bits per heavy atom. The van der Waals surface area contributed by atoms with Crippen LogP contribution in [0.5, 0.6) is 0 Å². The Morgan fingerprint density at radius 1 is 1.33 bits per heavy atom. The minimum Gasteiger partial charge on any atom is -0.381 e. The quantitative estimate of drug-likeness (QED) is 0.731. The second-order valence-corrected chi connectivity index (χ2v) is 5.71. The lowest BCUT2D eigenvalue weighted by molar-refractivity contribution is 0.136. The van der Waals surface area contributed by atoms with Crippen molar-refractivity contribution >= 4 is 11.0 Å². The topological polar surface area (TPSA) is 50.8 Å². The van der Waals surface area contributed by atoms with Crippen LogP contribution in [-0.2, 0) is 17.7 Å². The number of rotatable bonds is 7. The summed E-state index contributed by atoms with van der Waals surface area (Å²) in [7, 11) is 0. The lowest BCUT2D eigenvalue weighted by Gasteiger charge is -2.12. The molecular formula is C17H23N3O. The number of ether oxygens (including phenoxy) is 1. The molecule has 0 amide bonds. The zero-order valence-electron chi connectivity index (χ0n) is 13.1. The molecule has 0 aliphatic carbocycles. The maximum atomic E-state index is 9.01. The monoisotopic (exact) mass is 285 g/mol. The Morgan fingerprint density at radius 3 is 2.81 bits per heavy atom. The molecule has 0 saturated carbocycles. The van der Waals surface area contributed by atoms with E-state index < -0.39 is 0 Å². The number of hydrogen-bond donors (Lipinski definition) is 0. The van der Waals surface area contributed by atoms with Gasteiger partial charge in [0.2, 0.25) is 0 Å². The van der Waals surface area contributed by atoms with Gasteiger partial charge in [0.15, 0.2) is 0 Å². The van der Waals surface area contributed by atoms with Crippen molar-refractivity contribution in [2.75, 3.05) is 13.2 Å². The zero-order valence-corrected chi connectivity index (χ0v) is 13.1. The Balaban J connectivity index is 2.30. The number of fused-ring (bicyclic) bond motifs is 1. The lowest BCUT2D eigenvalue weighted by Crippen LogP contribution is -2.11. The van der Waals surface area contributed by atoms with Crippen LogP contribution in [-0.4, -0.2) is 22.8 Å². The Hall–Kier alpha value is -1.86. The largest absolute Gasteiger partial charge is 0.381 e. The van der Waals surface area contributed by atoms with E-state index in [-0.39, 0.29) is 0 Å². The molecule has 1 aromatic carbocycles. The van der Waals surface area contributed by atoms with E-state index in [0.29, 0.717) is 18.1 Å². The highest BCUT2D eigenvalue weighted by atomic mass is 16.5. The molecule has 1 heterocycles. The van der Waals surface area contributed by atoms with Gasteiger partial charge in [-0.15, -0.1) is 0 Å². The fraction of sp³-hybridized carbons (Fsp3) is 0.529. The molecule has 0 radical (unpaired) electrons. The van der Waals surface area contributed by atoms with Crippen molar-refractivity contribution in [3.8, 4) is 6.07 Å². The SMILES string of the molecule is CCCOCCc1nc2cc(C#N)ccc2n1CC(C)C. The van der Waals surface area contributed by atoms with Crippen LogP contribution in [0.15, 0.2) is 18.2 Å². The van der Waals surface area contributed by atoms with E-state index in [1.165, 1.54) is 0 Å². The van der Waals surface area contributed by atoms with E-state index in [4.69, 9.17) is 15.0 Å². The molecule has 1 aromatic heterocycles. The second-order valence-electron chi connectivity index (χ2n) is 5.71. The summed E-state index contributed by atoms with van der Waals surface area (Å²) in [5.74, 6) is 1.60. The summed E-state index contributed by atoms with van der Waals surface area (Å²) in [5, 5.41) is 9.01. The molecule has 0 unspecified atom stereocenters. The van der Waals surface area contributed by atoms with Crippen LogP contribution in [0.1, 0.15) is 38.6 Å². The molecule has 0 aliphatic heterocycles. The predicted octanol–water partition coefficient (Wildman–Crippen LogP) is 3.53. The Labute approximate surface area is 126 Å². The van der Waals surface area contributed by atoms with Crippen LogP contribution in [0.4, 0.5) is 0 Å². The van der Waals surface area contributed by atoms with Crippen molar-refractivity contribution in [2.45, 2.75) is 40.2 Å². The molecule has 0 spiro atoms. The molecule has 0 fully saturated rings. The minimum absolute atomic E-state index is 0.549. The number of nitriles is 1. The van der Waals surface area contributed by atoms with Gasteiger partial charge < -0.3 is 9.30 Å². The third-order valence-electron chi connectivity index (χ3n) is 3.32. The maximum absolute atomic E-state index is 9.01. The van der Waals surface area contributed by atoms with Crippen LogP contribution in [0.2, 0.25) is 0 Å². The van der Waals surface area contributed by atoms with Crippen LogP contribution in [0.3, 0.4) is 0 Å². The highest BCUT2D eigenvalue weighted by Crippen LogP contribution is 2.20. The van der Waals surface area contributed by atoms with Gasteiger partial charge in [-0.05, 0) is 30.5 Å². The third kappa shape index (κ3) is 3.83. The molecule has 0 atom stereocenters. The zero-order chi connectivity index (χ0) is 15.2. The van der Waals surface area contributed by atoms with Crippen molar-refractivity contribution in [2.24, 2.45) is 5.92 Å². The van der Waals surface area contributed by atoms with Gasteiger partial charge in [0.25, 0.3) is 0 Å². The van der Waals surface area contributed by atoms with E-state index in [0.717, 1.165) is 42.9 Å². The van der Waals surface area contributed by atoms with Crippen LogP contribution in [0, 0.1) is 17.2 Å². The van der Waals surface area contributed by atoms with Gasteiger partial charge in [0, 0.05) is 19.6 Å². The summed E-state index contributed by atoms with van der Waals surface area (Å²) >= 11 is 0. The molecule has 2 rings (SSSR count). The van der Waals surface area contributed by atoms with Gasteiger partial charge in [-0.1, -0.05) is 20.8 Å². The average Bonchev–Trinajstić information content (AvgIpc) is 2.80. The minimum atomic E-state index is 0.549. The summed E-state index contributed by atoms with van der Waals surface area (Å²) < 4.78 is 7.84. The molecule has 4 nitrogen and oxygen atoms in total. The van der Waals surface area contributed by atoms with Crippen molar-refractivity contribution in [3.05, 3.63) is 29.6 Å². The number of benzene rings is 1. The van der Waals surface area contributed by atoms with E-state index in [2.05, 4.69) is 31.4 Å². The second kappa shape index (κ2) is 7.24. The normalized spacial score (nSPS) is 11.2. The maximum Gasteiger partial charge on any atom is 0.112 e. The van der Waals surface area contributed by atoms with Crippen LogP contribution < -0.4 is 0 Å². The molecule has 21 heavy (non-hydrogen) atoms. The van der Waals surface area contributed by atoms with Gasteiger partial charge in [-0.2, -0.15) is 5.26 Å². The summed E-state index contributed by atoms with van der Waals surface area (Å²) in [6, 6.07) is 7.90. The predicted molar refractivity (Wildman–Crippen MR) is 84.1 cm³/mol. The molecule has 112 valence electrons. The van der Waals surface area contributed by atoms with Crippen LogP contribution in [0.25, 0.3) is 11.0 Å². The van der Waals surface area contributed by atoms with E-state index in [9.17, 15) is 0 Å². The van der Waals surface area contributed by atoms with Crippen molar-refractivity contribution in [1.82, 2.24) is 9.55 Å². The molecule has 0 aliphatic rings. The van der Waals surface area contributed by atoms with Gasteiger partial charge in [-0.25, -0.2) is 4.98 Å². The first-order valence-corrected chi connectivity index (χ1v) is 7.62. The lowest BCUT2D eigenvalue weighted by atomic mass is 10.2. The van der Waals surface area contributed by atoms with Gasteiger partial charge in [0.1, 0.15) is 5.82 Å². The summed E-state index contributed by atoms with van der Waals surface area (Å²) in [4.78, 5) is 4.70. The number of imidazole rings is 1. The molecule has 4 heteroatoms. The van der Waals surface area contributed by atoms with Gasteiger partial charge in [0.05, 0.1) is 29.3 Å². The number of aromatic nitrogens is 2. The molecule has 2 aromatic rings. The van der Waals surface area contributed by atoms with Crippen LogP contribution >= 0.6 is 0 Å². The molecule has 0 N–H and O–H groups in total. The molecular weight excluding hydrogens is 262 g/mol. The average molecular weight is 285 g/mol. The molecule has 0 bridgehead atoms. The highest BCUT2D eigenvalue weighted by Gasteiger charge is 2.12. The summed E-state index contributed by atoms with van der Waals surface area (Å²) in [5.41, 5.74) is 2.67. The van der Waals surface area contributed by atoms with Gasteiger partial charge >= 0.3 is 0 Å². The van der Waals surface area contributed by atoms with E-state index >= 15 is 0 Å². The fourth-order valence-corrected chi connectivity index (χ4v) is 2.42. The molecule has 0 saturated heterocycles. The Kier molecular flexibility index (Phi) is 5.35.